The minimum atomic E-state index is -1.05. The second-order valence-electron chi connectivity index (χ2n) is 8.03. The summed E-state index contributed by atoms with van der Waals surface area (Å²) in [6, 6.07) is 14.8. The van der Waals surface area contributed by atoms with E-state index in [0.717, 1.165) is 34.4 Å². The quantitative estimate of drug-likeness (QED) is 0.783. The molecule has 150 valence electrons. The Bertz CT molecular complexity index is 985. The van der Waals surface area contributed by atoms with Crippen LogP contribution in [0.5, 0.6) is 0 Å². The van der Waals surface area contributed by atoms with E-state index in [9.17, 15) is 14.4 Å². The smallest absolute Gasteiger partial charge is 0.324 e. The Hall–Kier alpha value is -3.15. The summed E-state index contributed by atoms with van der Waals surface area (Å²) in [5.74, 6) is -0.491. The van der Waals surface area contributed by atoms with Gasteiger partial charge < -0.3 is 10.6 Å². The second kappa shape index (κ2) is 7.35. The largest absolute Gasteiger partial charge is 0.325 e. The molecule has 1 fully saturated rings. The summed E-state index contributed by atoms with van der Waals surface area (Å²) in [6.45, 7) is 3.79. The van der Waals surface area contributed by atoms with Crippen LogP contribution in [-0.4, -0.2) is 29.3 Å². The zero-order valence-corrected chi connectivity index (χ0v) is 16.7. The highest BCUT2D eigenvalue weighted by Gasteiger charge is 2.54. The van der Waals surface area contributed by atoms with Crippen LogP contribution in [-0.2, 0) is 21.5 Å². The molecule has 0 saturated carbocycles. The summed E-state index contributed by atoms with van der Waals surface area (Å²) in [7, 11) is 0. The maximum atomic E-state index is 13.3. The van der Waals surface area contributed by atoms with E-state index >= 15 is 0 Å². The number of fused-ring (bicyclic) bond motifs is 2. The van der Waals surface area contributed by atoms with Gasteiger partial charge in [0.1, 0.15) is 12.1 Å². The fraction of sp³-hybridized carbons (Fsp3) is 0.348. The van der Waals surface area contributed by atoms with Crippen LogP contribution in [0.2, 0.25) is 0 Å². The standard InChI is InChI=1S/C23H25N3O3/c1-15(2)17-10-4-6-12-19(17)24-20(27)14-26-21(28)23(25-22(26)29)13-7-9-16-8-3-5-11-18(16)23/h3-6,8,10-12,15H,7,9,13-14H2,1-2H3,(H,24,27)(H,25,29). The van der Waals surface area contributed by atoms with Crippen LogP contribution < -0.4 is 10.6 Å². The first-order valence-electron chi connectivity index (χ1n) is 10.0. The first kappa shape index (κ1) is 19.2. The van der Waals surface area contributed by atoms with E-state index in [1.165, 1.54) is 0 Å². The number of carbonyl (C=O) groups excluding carboxylic acids is 3. The second-order valence-corrected chi connectivity index (χ2v) is 8.03. The van der Waals surface area contributed by atoms with Crippen LogP contribution in [0.15, 0.2) is 48.5 Å². The lowest BCUT2D eigenvalue weighted by Crippen LogP contribution is -2.47. The molecule has 2 aromatic rings. The monoisotopic (exact) mass is 391 g/mol. The number of para-hydroxylation sites is 1. The van der Waals surface area contributed by atoms with Crippen LogP contribution in [0.1, 0.15) is 49.3 Å². The van der Waals surface area contributed by atoms with E-state index in [1.807, 2.05) is 62.4 Å². The van der Waals surface area contributed by atoms with E-state index in [1.54, 1.807) is 0 Å². The SMILES string of the molecule is CC(C)c1ccccc1NC(=O)CN1C(=O)NC2(CCCc3ccccc32)C1=O. The fourth-order valence-electron chi connectivity index (χ4n) is 4.40. The Labute approximate surface area is 170 Å². The molecule has 1 atom stereocenters. The van der Waals surface area contributed by atoms with E-state index in [0.29, 0.717) is 12.1 Å². The van der Waals surface area contributed by atoms with Crippen molar-refractivity contribution in [2.45, 2.75) is 44.6 Å². The molecular weight excluding hydrogens is 366 g/mol. The van der Waals surface area contributed by atoms with Gasteiger partial charge in [-0.1, -0.05) is 56.3 Å². The maximum Gasteiger partial charge on any atom is 0.325 e. The first-order valence-corrected chi connectivity index (χ1v) is 10.0. The van der Waals surface area contributed by atoms with Gasteiger partial charge in [0, 0.05) is 5.69 Å². The predicted molar refractivity (Wildman–Crippen MR) is 110 cm³/mol. The number of carbonyl (C=O) groups is 3. The van der Waals surface area contributed by atoms with Crippen molar-refractivity contribution in [2.75, 3.05) is 11.9 Å². The molecule has 1 aliphatic heterocycles. The molecule has 0 bridgehead atoms. The molecule has 1 heterocycles. The molecule has 0 radical (unpaired) electrons. The highest BCUT2D eigenvalue weighted by molar-refractivity contribution is 6.10. The van der Waals surface area contributed by atoms with Crippen LogP contribution in [0, 0.1) is 0 Å². The molecule has 2 N–H and O–H groups in total. The van der Waals surface area contributed by atoms with Gasteiger partial charge in [-0.3, -0.25) is 14.5 Å². The number of hydrogen-bond donors (Lipinski definition) is 2. The average molecular weight is 391 g/mol. The summed E-state index contributed by atoms with van der Waals surface area (Å²) >= 11 is 0. The van der Waals surface area contributed by atoms with Crippen LogP contribution in [0.4, 0.5) is 10.5 Å². The van der Waals surface area contributed by atoms with Crippen molar-refractivity contribution in [1.82, 2.24) is 10.2 Å². The highest BCUT2D eigenvalue weighted by atomic mass is 16.2. The normalized spacial score (nSPS) is 20.7. The lowest BCUT2D eigenvalue weighted by molar-refractivity contribution is -0.134. The number of aryl methyl sites for hydroxylation is 1. The van der Waals surface area contributed by atoms with Crippen molar-refractivity contribution in [3.8, 4) is 0 Å². The summed E-state index contributed by atoms with van der Waals surface area (Å²) in [6.07, 6.45) is 2.24. The van der Waals surface area contributed by atoms with Crippen molar-refractivity contribution in [2.24, 2.45) is 0 Å². The molecule has 4 amide bonds. The van der Waals surface area contributed by atoms with Crippen molar-refractivity contribution >= 4 is 23.5 Å². The predicted octanol–water partition coefficient (Wildman–Crippen LogP) is 3.53. The summed E-state index contributed by atoms with van der Waals surface area (Å²) in [4.78, 5) is 39.6. The summed E-state index contributed by atoms with van der Waals surface area (Å²) in [5.41, 5.74) is 2.58. The van der Waals surface area contributed by atoms with Crippen LogP contribution in [0.3, 0.4) is 0 Å². The molecule has 1 spiro atoms. The number of urea groups is 1. The van der Waals surface area contributed by atoms with Crippen molar-refractivity contribution in [1.29, 1.82) is 0 Å². The van der Waals surface area contributed by atoms with Gasteiger partial charge in [-0.15, -0.1) is 0 Å². The molecule has 1 aliphatic carbocycles. The van der Waals surface area contributed by atoms with Gasteiger partial charge in [0.2, 0.25) is 5.91 Å². The Balaban J connectivity index is 1.55. The van der Waals surface area contributed by atoms with Gasteiger partial charge in [0.05, 0.1) is 0 Å². The fourth-order valence-corrected chi connectivity index (χ4v) is 4.40. The molecule has 4 rings (SSSR count). The Morgan fingerprint density at radius 1 is 1.14 bits per heavy atom. The number of hydrogen-bond acceptors (Lipinski definition) is 3. The molecule has 6 heteroatoms. The van der Waals surface area contributed by atoms with Gasteiger partial charge in [0.25, 0.3) is 5.91 Å². The molecule has 1 saturated heterocycles. The van der Waals surface area contributed by atoms with E-state index < -0.39 is 11.6 Å². The molecule has 6 nitrogen and oxygen atoms in total. The molecule has 2 aromatic carbocycles. The van der Waals surface area contributed by atoms with E-state index in [-0.39, 0.29) is 24.3 Å². The molecule has 0 aromatic heterocycles. The van der Waals surface area contributed by atoms with Crippen LogP contribution >= 0.6 is 0 Å². The van der Waals surface area contributed by atoms with Crippen molar-refractivity contribution in [3.05, 3.63) is 65.2 Å². The highest BCUT2D eigenvalue weighted by Crippen LogP contribution is 2.39. The number of amides is 4. The lowest BCUT2D eigenvalue weighted by atomic mass is 9.76. The zero-order valence-electron chi connectivity index (χ0n) is 16.7. The third-order valence-electron chi connectivity index (χ3n) is 5.81. The van der Waals surface area contributed by atoms with E-state index in [4.69, 9.17) is 0 Å². The Morgan fingerprint density at radius 2 is 1.86 bits per heavy atom. The maximum absolute atomic E-state index is 13.3. The molecule has 29 heavy (non-hydrogen) atoms. The third-order valence-corrected chi connectivity index (χ3v) is 5.81. The topological polar surface area (TPSA) is 78.5 Å². The minimum Gasteiger partial charge on any atom is -0.324 e. The third kappa shape index (κ3) is 3.28. The van der Waals surface area contributed by atoms with Gasteiger partial charge in [-0.2, -0.15) is 0 Å². The number of nitrogens with zero attached hydrogens (tertiary/aromatic N) is 1. The lowest BCUT2D eigenvalue weighted by Gasteiger charge is -2.33. The van der Waals surface area contributed by atoms with Gasteiger partial charge in [-0.25, -0.2) is 4.79 Å². The van der Waals surface area contributed by atoms with Crippen molar-refractivity contribution in [3.63, 3.8) is 0 Å². The average Bonchev–Trinajstić information content (AvgIpc) is 2.93. The Morgan fingerprint density at radius 3 is 2.66 bits per heavy atom. The van der Waals surface area contributed by atoms with Crippen molar-refractivity contribution < 1.29 is 14.4 Å². The van der Waals surface area contributed by atoms with E-state index in [2.05, 4.69) is 10.6 Å². The first-order chi connectivity index (χ1) is 13.9. The molecular formula is C23H25N3O3. The number of imide groups is 1. The molecule has 2 aliphatic rings. The molecule has 1 unspecified atom stereocenters. The number of benzene rings is 2. The summed E-state index contributed by atoms with van der Waals surface area (Å²) < 4.78 is 0. The minimum absolute atomic E-state index is 0.241. The zero-order chi connectivity index (χ0) is 20.6. The van der Waals surface area contributed by atoms with Crippen LogP contribution in [0.25, 0.3) is 0 Å². The number of nitrogens with one attached hydrogen (secondary N) is 2. The van der Waals surface area contributed by atoms with Gasteiger partial charge in [-0.05, 0) is 47.9 Å². The number of anilines is 1. The number of rotatable bonds is 4. The van der Waals surface area contributed by atoms with Gasteiger partial charge in [0.15, 0.2) is 0 Å². The Kier molecular flexibility index (Phi) is 4.86. The van der Waals surface area contributed by atoms with Gasteiger partial charge >= 0.3 is 6.03 Å². The summed E-state index contributed by atoms with van der Waals surface area (Å²) in [5, 5.41) is 5.74.